The highest BCUT2D eigenvalue weighted by atomic mass is 32.1. The Hall–Kier alpha value is -4.59. The van der Waals surface area contributed by atoms with E-state index < -0.39 is 18.5 Å². The van der Waals surface area contributed by atoms with E-state index in [1.54, 1.807) is 30.3 Å². The third-order valence-corrected chi connectivity index (χ3v) is 4.90. The van der Waals surface area contributed by atoms with Gasteiger partial charge in [0.2, 0.25) is 0 Å². The number of carbonyl (C=O) groups excluding carboxylic acids is 1. The predicted molar refractivity (Wildman–Crippen MR) is 110 cm³/mol. The quantitative estimate of drug-likeness (QED) is 0.168. The lowest BCUT2D eigenvalue weighted by atomic mass is 10.2. The summed E-state index contributed by atoms with van der Waals surface area (Å²) in [5.41, 5.74) is 9.07. The van der Waals surface area contributed by atoms with Crippen molar-refractivity contribution in [1.82, 2.24) is 26.1 Å². The Kier molecular flexibility index (Phi) is 5.85. The Morgan fingerprint density at radius 3 is 2.88 bits per heavy atom. The highest BCUT2D eigenvalue weighted by molar-refractivity contribution is 7.13. The number of aliphatic carboxylic acids is 1. The molecule has 0 unspecified atom stereocenters. The van der Waals surface area contributed by atoms with Crippen LogP contribution in [0, 0.1) is 0 Å². The van der Waals surface area contributed by atoms with Gasteiger partial charge in [-0.05, 0) is 33.8 Å². The van der Waals surface area contributed by atoms with E-state index in [1.807, 2.05) is 11.4 Å². The van der Waals surface area contributed by atoms with Crippen molar-refractivity contribution in [3.8, 4) is 22.1 Å². The number of amides is 1. The maximum atomic E-state index is 12.8. The number of carbonyl (C=O) groups is 2. The number of thiophene rings is 1. The number of aromatic amines is 1. The number of hydrazone groups is 1. The zero-order chi connectivity index (χ0) is 22.5. The Bertz CT molecular complexity index is 1280. The summed E-state index contributed by atoms with van der Waals surface area (Å²) in [5, 5.41) is 28.6. The molecule has 0 aliphatic heterocycles. The van der Waals surface area contributed by atoms with Crippen molar-refractivity contribution in [1.29, 1.82) is 0 Å². The first-order valence-electron chi connectivity index (χ1n) is 8.94. The molecule has 0 saturated carbocycles. The molecule has 0 saturated heterocycles. The number of nitrogens with two attached hydrogens (primary N) is 1. The van der Waals surface area contributed by atoms with E-state index in [4.69, 9.17) is 15.6 Å². The zero-order valence-electron chi connectivity index (χ0n) is 16.1. The van der Waals surface area contributed by atoms with Crippen molar-refractivity contribution >= 4 is 35.2 Å². The van der Waals surface area contributed by atoms with Gasteiger partial charge in [-0.3, -0.25) is 4.79 Å². The number of carboxylic acid groups (broad SMARTS) is 1. The molecule has 3 heterocycles. The number of nitrogens with zero attached hydrogens (tertiary/aromatic N) is 5. The molecule has 0 atom stereocenters. The molecule has 3 aromatic heterocycles. The number of ether oxygens (including phenoxy) is 1. The maximum absolute atomic E-state index is 12.8. The number of nitrogen functional groups attached to an aromatic ring is 1. The molecular formula is C18H15N8O5S+. The van der Waals surface area contributed by atoms with Crippen LogP contribution in [0.2, 0.25) is 0 Å². The topological polar surface area (TPSA) is 185 Å². The van der Waals surface area contributed by atoms with E-state index in [1.165, 1.54) is 22.2 Å². The van der Waals surface area contributed by atoms with Gasteiger partial charge in [0.25, 0.3) is 11.5 Å². The first-order valence-corrected chi connectivity index (χ1v) is 9.82. The fourth-order valence-electron chi connectivity index (χ4n) is 2.68. The third-order valence-electron chi connectivity index (χ3n) is 4.03. The summed E-state index contributed by atoms with van der Waals surface area (Å²) in [7, 11) is 0. The number of carboxylic acids is 1. The average molecular weight is 455 g/mol. The van der Waals surface area contributed by atoms with Crippen LogP contribution >= 0.6 is 11.3 Å². The first kappa shape index (κ1) is 20.7. The van der Waals surface area contributed by atoms with Crippen LogP contribution in [0.15, 0.2) is 51.5 Å². The molecule has 5 N–H and O–H groups in total. The largest absolute Gasteiger partial charge is 0.481 e. The van der Waals surface area contributed by atoms with Gasteiger partial charge in [-0.25, -0.2) is 10.2 Å². The summed E-state index contributed by atoms with van der Waals surface area (Å²) in [6, 6.07) is 10.3. The fraction of sp³-hybridized carbons (Fsp3) is 0.0556. The number of hydrogen-bond acceptors (Lipinski definition) is 10. The fourth-order valence-corrected chi connectivity index (χ4v) is 3.44. The summed E-state index contributed by atoms with van der Waals surface area (Å²) >= 11 is 1.38. The van der Waals surface area contributed by atoms with Gasteiger partial charge in [-0.1, -0.05) is 18.2 Å². The lowest BCUT2D eigenvalue weighted by molar-refractivity contribution is -0.652. The van der Waals surface area contributed by atoms with E-state index in [-0.39, 0.29) is 17.3 Å². The Morgan fingerprint density at radius 1 is 1.31 bits per heavy atom. The predicted octanol–water partition coefficient (Wildman–Crippen LogP) is 0.607. The van der Waals surface area contributed by atoms with Crippen LogP contribution in [0.3, 0.4) is 0 Å². The molecule has 4 aromatic rings. The molecule has 0 radical (unpaired) electrons. The monoisotopic (exact) mass is 455 g/mol. The van der Waals surface area contributed by atoms with Gasteiger partial charge < -0.3 is 15.6 Å². The summed E-state index contributed by atoms with van der Waals surface area (Å²) in [4.78, 5) is 24.2. The number of hydrogen-bond donors (Lipinski definition) is 4. The normalized spacial score (nSPS) is 11.0. The second kappa shape index (κ2) is 9.05. The molecule has 0 bridgehead atoms. The summed E-state index contributed by atoms with van der Waals surface area (Å²) in [6.45, 7) is -0.505. The van der Waals surface area contributed by atoms with Gasteiger partial charge in [0, 0.05) is 5.56 Å². The lowest BCUT2D eigenvalue weighted by Crippen LogP contribution is -2.36. The van der Waals surface area contributed by atoms with E-state index >= 15 is 0 Å². The Labute approximate surface area is 183 Å². The highest BCUT2D eigenvalue weighted by Crippen LogP contribution is 2.25. The zero-order valence-corrected chi connectivity index (χ0v) is 16.9. The number of anilines is 1. The van der Waals surface area contributed by atoms with E-state index in [2.05, 4.69) is 35.8 Å². The molecule has 0 aliphatic carbocycles. The van der Waals surface area contributed by atoms with Gasteiger partial charge in [0.15, 0.2) is 12.3 Å². The molecule has 32 heavy (non-hydrogen) atoms. The van der Waals surface area contributed by atoms with Crippen LogP contribution in [0.25, 0.3) is 16.4 Å². The number of para-hydroxylation sites is 1. The molecule has 13 nitrogen and oxygen atoms in total. The SMILES string of the molecule is Nc1nonc1-[n+]1[nH]nc(C(=O)NN=Cc2ccccc2OCC(=O)O)c1-c1cccs1. The van der Waals surface area contributed by atoms with Gasteiger partial charge in [-0.2, -0.15) is 9.73 Å². The summed E-state index contributed by atoms with van der Waals surface area (Å²) < 4.78 is 11.2. The molecule has 162 valence electrons. The molecule has 0 fully saturated rings. The number of rotatable bonds is 8. The minimum atomic E-state index is -1.11. The van der Waals surface area contributed by atoms with Crippen molar-refractivity contribution in [3.05, 3.63) is 53.0 Å². The van der Waals surface area contributed by atoms with Gasteiger partial charge in [0.1, 0.15) is 10.9 Å². The summed E-state index contributed by atoms with van der Waals surface area (Å²) in [6.07, 6.45) is 1.33. The summed E-state index contributed by atoms with van der Waals surface area (Å²) in [5.74, 6) is -1.26. The van der Waals surface area contributed by atoms with E-state index in [9.17, 15) is 9.59 Å². The van der Waals surface area contributed by atoms with Crippen LogP contribution in [-0.4, -0.2) is 50.4 Å². The highest BCUT2D eigenvalue weighted by Gasteiger charge is 2.31. The standard InChI is InChI=1S/C18H14N8O5S/c19-16-17(24-31-23-16)26-15(12-6-3-7-32-12)14(21-25-26)18(29)22-20-8-10-4-1-2-5-11(10)30-9-13(27)28/h1-8H,9H2,(H4,19,22,23,27,28,29)/p+1. The maximum Gasteiger partial charge on any atom is 0.377 e. The molecule has 0 spiro atoms. The molecule has 1 amide bonds. The number of aromatic nitrogens is 5. The average Bonchev–Trinajstić information content (AvgIpc) is 3.52. The van der Waals surface area contributed by atoms with Crippen molar-refractivity contribution in [3.63, 3.8) is 0 Å². The number of H-pyrrole nitrogens is 1. The smallest absolute Gasteiger partial charge is 0.377 e. The van der Waals surface area contributed by atoms with Crippen molar-refractivity contribution < 1.29 is 28.7 Å². The minimum Gasteiger partial charge on any atom is -0.481 e. The van der Waals surface area contributed by atoms with Crippen molar-refractivity contribution in [2.75, 3.05) is 12.3 Å². The van der Waals surface area contributed by atoms with Crippen LogP contribution in [0.4, 0.5) is 5.82 Å². The molecule has 1 aromatic carbocycles. The van der Waals surface area contributed by atoms with Crippen molar-refractivity contribution in [2.24, 2.45) is 5.10 Å². The molecule has 4 rings (SSSR count). The second-order valence-corrected chi connectivity index (χ2v) is 7.06. The van der Waals surface area contributed by atoms with E-state index in [0.29, 0.717) is 21.9 Å². The first-order chi connectivity index (χ1) is 15.5. The molecule has 0 aliphatic rings. The Morgan fingerprint density at radius 2 is 2.16 bits per heavy atom. The number of nitrogens with one attached hydrogen (secondary N) is 2. The third kappa shape index (κ3) is 4.29. The van der Waals surface area contributed by atoms with Gasteiger partial charge in [-0.15, -0.1) is 21.2 Å². The van der Waals surface area contributed by atoms with Crippen LogP contribution in [0.1, 0.15) is 16.1 Å². The van der Waals surface area contributed by atoms with Gasteiger partial charge >= 0.3 is 17.7 Å². The van der Waals surface area contributed by atoms with Gasteiger partial charge in [0.05, 0.1) is 11.1 Å². The second-order valence-electron chi connectivity index (χ2n) is 6.11. The number of benzene rings is 1. The van der Waals surface area contributed by atoms with Crippen LogP contribution in [-0.2, 0) is 4.79 Å². The van der Waals surface area contributed by atoms with E-state index in [0.717, 1.165) is 0 Å². The molecule has 14 heteroatoms. The minimum absolute atomic E-state index is 0.0133. The van der Waals surface area contributed by atoms with Crippen molar-refractivity contribution in [2.45, 2.75) is 0 Å². The lowest BCUT2D eigenvalue weighted by Gasteiger charge is -2.06. The molecular weight excluding hydrogens is 440 g/mol. The van der Waals surface area contributed by atoms with Crippen LogP contribution < -0.4 is 20.6 Å². The van der Waals surface area contributed by atoms with Crippen LogP contribution in [0.5, 0.6) is 5.75 Å². The Balaban J connectivity index is 1.58.